The molecule has 7 heteroatoms. The molecule has 1 aromatic carbocycles. The molecule has 1 heterocycles. The Bertz CT molecular complexity index is 688. The smallest absolute Gasteiger partial charge is 0.354 e. The Hall–Kier alpha value is -2.41. The summed E-state index contributed by atoms with van der Waals surface area (Å²) in [6.07, 6.45) is 1.40. The van der Waals surface area contributed by atoms with Gasteiger partial charge in [-0.05, 0) is 30.7 Å². The molecule has 102 valence electrons. The molecule has 0 amide bonds. The molecule has 0 bridgehead atoms. The zero-order valence-corrected chi connectivity index (χ0v) is 11.3. The van der Waals surface area contributed by atoms with Crippen LogP contribution in [-0.2, 0) is 0 Å². The van der Waals surface area contributed by atoms with Gasteiger partial charge in [0.15, 0.2) is 0 Å². The third-order valence-electron chi connectivity index (χ3n) is 2.43. The van der Waals surface area contributed by atoms with Crippen molar-refractivity contribution in [3.8, 4) is 0 Å². The summed E-state index contributed by atoms with van der Waals surface area (Å²) in [6.45, 7) is 1.77. The number of carboxylic acids is 1. The van der Waals surface area contributed by atoms with Gasteiger partial charge in [0.2, 0.25) is 0 Å². The summed E-state index contributed by atoms with van der Waals surface area (Å²) >= 11 is 1.26. The lowest BCUT2D eigenvalue weighted by Crippen LogP contribution is -1.99. The molecule has 2 aromatic rings. The summed E-state index contributed by atoms with van der Waals surface area (Å²) in [5, 5.41) is 19.7. The first-order valence-electron chi connectivity index (χ1n) is 5.59. The number of aromatic carboxylic acids is 1. The number of non-ortho nitro benzene ring substituents is 1. The van der Waals surface area contributed by atoms with E-state index in [1.54, 1.807) is 19.1 Å². The molecule has 20 heavy (non-hydrogen) atoms. The first kappa shape index (κ1) is 14.0. The van der Waals surface area contributed by atoms with Gasteiger partial charge in [0, 0.05) is 28.1 Å². The monoisotopic (exact) mass is 290 g/mol. The summed E-state index contributed by atoms with van der Waals surface area (Å²) in [4.78, 5) is 26.3. The molecular weight excluding hydrogens is 280 g/mol. The van der Waals surface area contributed by atoms with Gasteiger partial charge in [0.05, 0.1) is 4.92 Å². The minimum absolute atomic E-state index is 0.0139. The van der Waals surface area contributed by atoms with Crippen LogP contribution in [0.2, 0.25) is 0 Å². The molecule has 2 rings (SSSR count). The van der Waals surface area contributed by atoms with Crippen LogP contribution in [0.5, 0.6) is 0 Å². The predicted molar refractivity (Wildman–Crippen MR) is 73.2 cm³/mol. The summed E-state index contributed by atoms with van der Waals surface area (Å²) in [7, 11) is 0. The lowest BCUT2D eigenvalue weighted by molar-refractivity contribution is -0.385. The minimum Gasteiger partial charge on any atom is -0.477 e. The molecule has 0 aliphatic carbocycles. The van der Waals surface area contributed by atoms with Crippen LogP contribution in [0.15, 0.2) is 46.3 Å². The van der Waals surface area contributed by atoms with Crippen LogP contribution >= 0.6 is 11.8 Å². The van der Waals surface area contributed by atoms with Crippen LogP contribution in [0, 0.1) is 17.0 Å². The number of aromatic nitrogens is 1. The fourth-order valence-corrected chi connectivity index (χ4v) is 2.62. The molecule has 0 unspecified atom stereocenters. The van der Waals surface area contributed by atoms with Crippen molar-refractivity contribution >= 4 is 23.4 Å². The maximum absolute atomic E-state index is 10.8. The Morgan fingerprint density at radius 2 is 2.05 bits per heavy atom. The molecule has 0 aliphatic heterocycles. The number of carbonyl (C=O) groups is 1. The Balaban J connectivity index is 2.32. The third-order valence-corrected chi connectivity index (χ3v) is 3.39. The number of benzene rings is 1. The Morgan fingerprint density at radius 3 is 2.70 bits per heavy atom. The van der Waals surface area contributed by atoms with Gasteiger partial charge < -0.3 is 5.11 Å². The highest BCUT2D eigenvalue weighted by molar-refractivity contribution is 7.99. The second kappa shape index (κ2) is 5.70. The number of hydrogen-bond donors (Lipinski definition) is 1. The van der Waals surface area contributed by atoms with Gasteiger partial charge in [0.1, 0.15) is 5.69 Å². The van der Waals surface area contributed by atoms with Crippen LogP contribution in [0.3, 0.4) is 0 Å². The number of carboxylic acid groups (broad SMARTS) is 1. The second-order valence-corrected chi connectivity index (χ2v) is 5.19. The summed E-state index contributed by atoms with van der Waals surface area (Å²) in [6, 6.07) is 7.84. The quantitative estimate of drug-likeness (QED) is 0.686. The van der Waals surface area contributed by atoms with Crippen molar-refractivity contribution in [1.29, 1.82) is 0 Å². The summed E-state index contributed by atoms with van der Waals surface area (Å²) in [5.41, 5.74) is 0.728. The second-order valence-electron chi connectivity index (χ2n) is 4.05. The molecule has 0 radical (unpaired) electrons. The standard InChI is InChI=1S/C13H10N2O4S/c1-8-4-9(15(18)19)6-11(5-8)20-10-2-3-14-12(7-10)13(16)17/h2-7H,1H3,(H,16,17). The van der Waals surface area contributed by atoms with Crippen molar-refractivity contribution < 1.29 is 14.8 Å². The highest BCUT2D eigenvalue weighted by atomic mass is 32.2. The van der Waals surface area contributed by atoms with Gasteiger partial charge in [-0.3, -0.25) is 10.1 Å². The third kappa shape index (κ3) is 3.33. The van der Waals surface area contributed by atoms with Crippen LogP contribution in [0.25, 0.3) is 0 Å². The van der Waals surface area contributed by atoms with E-state index in [1.165, 1.54) is 36.2 Å². The van der Waals surface area contributed by atoms with Crippen molar-refractivity contribution in [3.63, 3.8) is 0 Å². The zero-order valence-electron chi connectivity index (χ0n) is 10.4. The van der Waals surface area contributed by atoms with Gasteiger partial charge >= 0.3 is 5.97 Å². The van der Waals surface area contributed by atoms with E-state index in [0.29, 0.717) is 9.79 Å². The Labute approximate surface area is 118 Å². The average molecular weight is 290 g/mol. The van der Waals surface area contributed by atoms with E-state index in [2.05, 4.69) is 4.98 Å². The van der Waals surface area contributed by atoms with Crippen molar-refractivity contribution in [3.05, 3.63) is 57.9 Å². The van der Waals surface area contributed by atoms with Crippen molar-refractivity contribution in [2.24, 2.45) is 0 Å². The van der Waals surface area contributed by atoms with Crippen molar-refractivity contribution in [2.75, 3.05) is 0 Å². The lowest BCUT2D eigenvalue weighted by atomic mass is 10.2. The van der Waals surface area contributed by atoms with E-state index >= 15 is 0 Å². The van der Waals surface area contributed by atoms with E-state index in [0.717, 1.165) is 5.56 Å². The Kier molecular flexibility index (Phi) is 3.99. The van der Waals surface area contributed by atoms with Crippen molar-refractivity contribution in [2.45, 2.75) is 16.7 Å². The summed E-state index contributed by atoms with van der Waals surface area (Å²) in [5.74, 6) is -1.11. The van der Waals surface area contributed by atoms with Gasteiger partial charge in [-0.25, -0.2) is 9.78 Å². The number of nitro benzene ring substituents is 1. The van der Waals surface area contributed by atoms with Gasteiger partial charge in [-0.15, -0.1) is 0 Å². The first-order valence-corrected chi connectivity index (χ1v) is 6.40. The Morgan fingerprint density at radius 1 is 1.30 bits per heavy atom. The largest absolute Gasteiger partial charge is 0.477 e. The average Bonchev–Trinajstić information content (AvgIpc) is 2.38. The van der Waals surface area contributed by atoms with Crippen LogP contribution in [-0.4, -0.2) is 21.0 Å². The molecule has 1 N–H and O–H groups in total. The van der Waals surface area contributed by atoms with Gasteiger partial charge in [0.25, 0.3) is 5.69 Å². The van der Waals surface area contributed by atoms with Gasteiger partial charge in [-0.2, -0.15) is 0 Å². The van der Waals surface area contributed by atoms with Crippen molar-refractivity contribution in [1.82, 2.24) is 4.98 Å². The fraction of sp³-hybridized carbons (Fsp3) is 0.0769. The van der Waals surface area contributed by atoms with E-state index in [-0.39, 0.29) is 11.4 Å². The SMILES string of the molecule is Cc1cc(Sc2ccnc(C(=O)O)c2)cc([N+](=O)[O-])c1. The number of aryl methyl sites for hydroxylation is 1. The number of nitrogens with zero attached hydrogens (tertiary/aromatic N) is 2. The van der Waals surface area contributed by atoms with E-state index < -0.39 is 10.9 Å². The molecule has 0 aliphatic rings. The molecule has 6 nitrogen and oxygen atoms in total. The lowest BCUT2D eigenvalue weighted by Gasteiger charge is -2.04. The molecule has 0 atom stereocenters. The molecule has 1 aromatic heterocycles. The summed E-state index contributed by atoms with van der Waals surface area (Å²) < 4.78 is 0. The molecule has 0 fully saturated rings. The molecular formula is C13H10N2O4S. The maximum atomic E-state index is 10.8. The zero-order chi connectivity index (χ0) is 14.7. The first-order chi connectivity index (χ1) is 9.45. The van der Waals surface area contributed by atoms with E-state index in [1.807, 2.05) is 0 Å². The highest BCUT2D eigenvalue weighted by Gasteiger charge is 2.10. The van der Waals surface area contributed by atoms with Crippen LogP contribution < -0.4 is 0 Å². The maximum Gasteiger partial charge on any atom is 0.354 e. The normalized spacial score (nSPS) is 10.2. The van der Waals surface area contributed by atoms with Crippen LogP contribution in [0.1, 0.15) is 16.1 Å². The van der Waals surface area contributed by atoms with E-state index in [9.17, 15) is 14.9 Å². The molecule has 0 spiro atoms. The number of nitro groups is 1. The van der Waals surface area contributed by atoms with Crippen LogP contribution in [0.4, 0.5) is 5.69 Å². The van der Waals surface area contributed by atoms with Gasteiger partial charge in [-0.1, -0.05) is 11.8 Å². The number of hydrogen-bond acceptors (Lipinski definition) is 5. The van der Waals surface area contributed by atoms with E-state index in [4.69, 9.17) is 5.11 Å². The topological polar surface area (TPSA) is 93.3 Å². The molecule has 0 saturated carbocycles. The predicted octanol–water partition coefficient (Wildman–Crippen LogP) is 3.15. The number of pyridine rings is 1. The fourth-order valence-electron chi connectivity index (χ4n) is 1.62. The number of rotatable bonds is 4. The molecule has 0 saturated heterocycles. The minimum atomic E-state index is -1.11. The highest BCUT2D eigenvalue weighted by Crippen LogP contribution is 2.31.